The fourth-order valence-electron chi connectivity index (χ4n) is 6.82. The summed E-state index contributed by atoms with van der Waals surface area (Å²) in [6.07, 6.45) is 0.391. The highest BCUT2D eigenvalue weighted by atomic mass is 35.5. The summed E-state index contributed by atoms with van der Waals surface area (Å²) in [5.74, 6) is -1.57. The number of rotatable bonds is 13. The maximum atomic E-state index is 13.4. The third-order valence-corrected chi connectivity index (χ3v) is 13.4. The SMILES string of the molecule is CC(C)c1cccc(C(C)C)c1NC(=O)NS(=O)(=O)C1CCN(CCC(C)c2cc(Cl)cc(C(C)C)c2NC(=O)NS(=O)(=O)C2CCN(C)C2=O)C1=O. The number of hydrogen-bond donors (Lipinski definition) is 4. The van der Waals surface area contributed by atoms with E-state index in [1.807, 2.05) is 71.4 Å². The number of halogens is 1. The Hall–Kier alpha value is -3.89. The minimum atomic E-state index is -4.39. The van der Waals surface area contributed by atoms with Crippen molar-refractivity contribution in [1.82, 2.24) is 19.2 Å². The number of urea groups is 2. The Bertz CT molecular complexity index is 1940. The van der Waals surface area contributed by atoms with E-state index in [1.54, 1.807) is 12.1 Å². The molecule has 2 aromatic rings. The largest absolute Gasteiger partial charge is 0.345 e. The molecule has 0 aromatic heterocycles. The Morgan fingerprint density at radius 2 is 1.19 bits per heavy atom. The molecule has 2 fully saturated rings. The molecule has 0 bridgehead atoms. The zero-order chi connectivity index (χ0) is 39.6. The number of benzene rings is 2. The number of hydrogen-bond acceptors (Lipinski definition) is 8. The molecule has 2 saturated heterocycles. The van der Waals surface area contributed by atoms with E-state index < -0.39 is 54.4 Å². The van der Waals surface area contributed by atoms with Crippen molar-refractivity contribution in [2.75, 3.05) is 37.3 Å². The fraction of sp³-hybridized carbons (Fsp3) is 0.556. The zero-order valence-corrected chi connectivity index (χ0v) is 33.8. The number of anilines is 2. The topological polar surface area (TPSA) is 191 Å². The van der Waals surface area contributed by atoms with Gasteiger partial charge >= 0.3 is 12.1 Å². The first-order chi connectivity index (χ1) is 24.6. The molecular weight excluding hydrogens is 744 g/mol. The van der Waals surface area contributed by atoms with Crippen molar-refractivity contribution in [3.8, 4) is 0 Å². The molecule has 0 radical (unpaired) electrons. The van der Waals surface area contributed by atoms with Gasteiger partial charge in [-0.05, 0) is 77.3 Å². The summed E-state index contributed by atoms with van der Waals surface area (Å²) < 4.78 is 56.6. The highest BCUT2D eigenvalue weighted by Gasteiger charge is 2.43. The molecular formula is C36H51ClN6O8S2. The first-order valence-corrected chi connectivity index (χ1v) is 21.3. The second kappa shape index (κ2) is 16.6. The van der Waals surface area contributed by atoms with Crippen LogP contribution in [0.15, 0.2) is 30.3 Å². The Balaban J connectivity index is 1.45. The fourth-order valence-corrected chi connectivity index (χ4v) is 9.65. The van der Waals surface area contributed by atoms with E-state index in [2.05, 4.69) is 15.4 Å². The van der Waals surface area contributed by atoms with Crippen molar-refractivity contribution in [2.45, 2.75) is 102 Å². The monoisotopic (exact) mass is 794 g/mol. The molecule has 4 rings (SSSR count). The summed E-state index contributed by atoms with van der Waals surface area (Å²) in [4.78, 5) is 54.7. The van der Waals surface area contributed by atoms with Crippen molar-refractivity contribution in [3.05, 3.63) is 57.6 Å². The average Bonchev–Trinajstić information content (AvgIpc) is 3.60. The van der Waals surface area contributed by atoms with Gasteiger partial charge in [-0.1, -0.05) is 78.3 Å². The third kappa shape index (κ3) is 9.62. The molecule has 53 heavy (non-hydrogen) atoms. The lowest BCUT2D eigenvalue weighted by Crippen LogP contribution is -2.44. The van der Waals surface area contributed by atoms with Crippen molar-refractivity contribution >= 4 is 66.9 Å². The van der Waals surface area contributed by atoms with E-state index >= 15 is 0 Å². The predicted octanol–water partition coefficient (Wildman–Crippen LogP) is 5.64. The molecule has 3 atom stereocenters. The Morgan fingerprint density at radius 1 is 0.736 bits per heavy atom. The van der Waals surface area contributed by atoms with Gasteiger partial charge < -0.3 is 20.4 Å². The van der Waals surface area contributed by atoms with E-state index in [9.17, 15) is 36.0 Å². The first-order valence-electron chi connectivity index (χ1n) is 17.8. The van der Waals surface area contributed by atoms with Gasteiger partial charge in [0.15, 0.2) is 10.5 Å². The molecule has 0 spiro atoms. The number of sulfonamides is 2. The number of nitrogens with zero attached hydrogens (tertiary/aromatic N) is 2. The van der Waals surface area contributed by atoms with Crippen LogP contribution in [0.3, 0.4) is 0 Å². The van der Waals surface area contributed by atoms with E-state index in [4.69, 9.17) is 11.6 Å². The highest BCUT2D eigenvalue weighted by Crippen LogP contribution is 2.37. The van der Waals surface area contributed by atoms with Crippen molar-refractivity contribution in [3.63, 3.8) is 0 Å². The van der Waals surface area contributed by atoms with E-state index in [1.165, 1.54) is 16.8 Å². The summed E-state index contributed by atoms with van der Waals surface area (Å²) in [7, 11) is -7.21. The van der Waals surface area contributed by atoms with Gasteiger partial charge in [-0.15, -0.1) is 0 Å². The van der Waals surface area contributed by atoms with E-state index in [0.717, 1.165) is 11.1 Å². The molecule has 292 valence electrons. The summed E-state index contributed by atoms with van der Waals surface area (Å²) in [6.45, 7) is 14.1. The summed E-state index contributed by atoms with van der Waals surface area (Å²) in [6, 6.07) is 7.01. The number of para-hydroxylation sites is 1. The van der Waals surface area contributed by atoms with Crippen LogP contribution in [0.2, 0.25) is 5.02 Å². The van der Waals surface area contributed by atoms with Crippen LogP contribution in [0.25, 0.3) is 0 Å². The van der Waals surface area contributed by atoms with Crippen LogP contribution < -0.4 is 20.1 Å². The number of carbonyl (C=O) groups is 4. The van der Waals surface area contributed by atoms with Crippen LogP contribution in [-0.2, 0) is 29.6 Å². The molecule has 2 heterocycles. The molecule has 2 aliphatic heterocycles. The highest BCUT2D eigenvalue weighted by molar-refractivity contribution is 7.91. The summed E-state index contributed by atoms with van der Waals surface area (Å²) in [5, 5.41) is 2.95. The maximum absolute atomic E-state index is 13.4. The van der Waals surface area contributed by atoms with Crippen molar-refractivity contribution in [1.29, 1.82) is 0 Å². The van der Waals surface area contributed by atoms with Crippen LogP contribution in [-0.4, -0.2) is 87.7 Å². The van der Waals surface area contributed by atoms with Gasteiger partial charge in [-0.25, -0.2) is 35.9 Å². The van der Waals surface area contributed by atoms with Gasteiger partial charge in [0.05, 0.1) is 0 Å². The Labute approximate surface area is 317 Å². The smallest absolute Gasteiger partial charge is 0.332 e. The first kappa shape index (κ1) is 41.9. The van der Waals surface area contributed by atoms with Crippen LogP contribution in [0.5, 0.6) is 0 Å². The molecule has 0 saturated carbocycles. The van der Waals surface area contributed by atoms with Gasteiger partial charge in [-0.3, -0.25) is 9.59 Å². The van der Waals surface area contributed by atoms with E-state index in [-0.39, 0.29) is 56.1 Å². The van der Waals surface area contributed by atoms with Crippen LogP contribution in [0, 0.1) is 0 Å². The molecule has 3 unspecified atom stereocenters. The third-order valence-electron chi connectivity index (χ3n) is 9.84. The number of carbonyl (C=O) groups excluding carboxylic acids is 4. The quantitative estimate of drug-likeness (QED) is 0.200. The van der Waals surface area contributed by atoms with Gasteiger partial charge in [0.25, 0.3) is 0 Å². The number of amides is 6. The molecule has 2 aromatic carbocycles. The van der Waals surface area contributed by atoms with E-state index in [0.29, 0.717) is 33.9 Å². The Morgan fingerprint density at radius 3 is 1.66 bits per heavy atom. The second-order valence-corrected chi connectivity index (χ2v) is 18.9. The standard InChI is InChI=1S/C36H51ClN6O8S2/c1-20(2)25-10-9-11-26(21(3)4)31(25)38-35(46)41-53(50,51)30-14-17-43(34(30)45)16-12-23(7)28-19-24(37)18-27(22(5)6)32(28)39-36(47)40-52(48,49)29-13-15-42(8)33(29)44/h9-11,18-23,29-30H,12-17H2,1-8H3,(H2,38,41,46)(H2,39,40,47). The molecule has 0 aliphatic carbocycles. The minimum Gasteiger partial charge on any atom is -0.345 e. The van der Waals surface area contributed by atoms with Gasteiger partial charge in [0.2, 0.25) is 31.9 Å². The molecule has 6 amide bonds. The van der Waals surface area contributed by atoms with Gasteiger partial charge in [-0.2, -0.15) is 0 Å². The molecule has 14 nitrogen and oxygen atoms in total. The van der Waals surface area contributed by atoms with Crippen molar-refractivity contribution < 1.29 is 36.0 Å². The summed E-state index contributed by atoms with van der Waals surface area (Å²) in [5.41, 5.74) is 3.85. The minimum absolute atomic E-state index is 0.00887. The second-order valence-electron chi connectivity index (χ2n) is 14.8. The Kier molecular flexibility index (Phi) is 13.1. The van der Waals surface area contributed by atoms with Crippen LogP contribution in [0.1, 0.15) is 114 Å². The summed E-state index contributed by atoms with van der Waals surface area (Å²) >= 11 is 6.49. The maximum Gasteiger partial charge on any atom is 0.332 e. The van der Waals surface area contributed by atoms with Gasteiger partial charge in [0, 0.05) is 43.1 Å². The van der Waals surface area contributed by atoms with Crippen LogP contribution in [0.4, 0.5) is 21.0 Å². The number of likely N-dealkylation sites (tertiary alicyclic amines) is 2. The van der Waals surface area contributed by atoms with Crippen molar-refractivity contribution in [2.24, 2.45) is 0 Å². The lowest BCUT2D eigenvalue weighted by molar-refractivity contribution is -0.127. The lowest BCUT2D eigenvalue weighted by atomic mass is 9.90. The number of nitrogens with one attached hydrogen (secondary N) is 4. The zero-order valence-electron chi connectivity index (χ0n) is 31.4. The average molecular weight is 795 g/mol. The van der Waals surface area contributed by atoms with Crippen LogP contribution >= 0.6 is 11.6 Å². The molecule has 4 N–H and O–H groups in total. The molecule has 17 heteroatoms. The molecule has 2 aliphatic rings. The predicted molar refractivity (Wildman–Crippen MR) is 206 cm³/mol. The normalized spacial score (nSPS) is 18.6. The van der Waals surface area contributed by atoms with Gasteiger partial charge in [0.1, 0.15) is 0 Å². The lowest BCUT2D eigenvalue weighted by Gasteiger charge is -2.25.